The van der Waals surface area contributed by atoms with Gasteiger partial charge in [-0.2, -0.15) is 0 Å². The lowest BCUT2D eigenvalue weighted by atomic mass is 10.0. The summed E-state index contributed by atoms with van der Waals surface area (Å²) in [4.78, 5) is 35.9. The lowest BCUT2D eigenvalue weighted by Gasteiger charge is -2.21. The molecule has 0 aromatic heterocycles. The van der Waals surface area contributed by atoms with Crippen molar-refractivity contribution in [2.24, 2.45) is 5.92 Å². The predicted octanol–water partition coefficient (Wildman–Crippen LogP) is 3.53. The van der Waals surface area contributed by atoms with Crippen molar-refractivity contribution in [1.82, 2.24) is 5.32 Å². The number of carbonyl (C=O) groups is 3. The molecule has 0 unspecified atom stereocenters. The number of amides is 1. The number of carbonyl (C=O) groups excluding carboxylic acids is 3. The number of benzene rings is 2. The molecule has 2 rings (SSSR count). The molecular weight excluding hydrogens is 356 g/mol. The molecule has 5 nitrogen and oxygen atoms in total. The first-order valence-electron chi connectivity index (χ1n) is 8.28. The van der Waals surface area contributed by atoms with Gasteiger partial charge in [-0.15, -0.1) is 0 Å². The molecule has 1 amide bonds. The van der Waals surface area contributed by atoms with E-state index in [-0.39, 0.29) is 11.5 Å². The highest BCUT2D eigenvalue weighted by Gasteiger charge is 2.28. The first kappa shape index (κ1) is 20.2. The standard InChI is InChI=1S/C20H19F2NO4/c1-11(2)18(23-19(25)17-15(21)5-4-6-16(17)22)20(26)27-14-9-7-13(8-10-14)12(3)24/h4-11,18H,1-3H3,(H,23,25)/t18-/m0/s1. The minimum Gasteiger partial charge on any atom is -0.425 e. The van der Waals surface area contributed by atoms with Gasteiger partial charge in [0, 0.05) is 5.56 Å². The van der Waals surface area contributed by atoms with Gasteiger partial charge in [0.15, 0.2) is 5.78 Å². The van der Waals surface area contributed by atoms with Crippen LogP contribution in [0, 0.1) is 17.6 Å². The molecule has 1 atom stereocenters. The van der Waals surface area contributed by atoms with Gasteiger partial charge < -0.3 is 10.1 Å². The number of ether oxygens (including phenoxy) is 1. The van der Waals surface area contributed by atoms with Gasteiger partial charge in [-0.05, 0) is 49.2 Å². The summed E-state index contributed by atoms with van der Waals surface area (Å²) in [5.41, 5.74) is -0.305. The maximum atomic E-state index is 13.8. The van der Waals surface area contributed by atoms with Crippen LogP contribution in [0.4, 0.5) is 8.78 Å². The van der Waals surface area contributed by atoms with E-state index in [1.165, 1.54) is 31.2 Å². The summed E-state index contributed by atoms with van der Waals surface area (Å²) < 4.78 is 32.7. The quantitative estimate of drug-likeness (QED) is 0.476. The zero-order valence-electron chi connectivity index (χ0n) is 15.1. The molecule has 0 aliphatic rings. The van der Waals surface area contributed by atoms with Crippen LogP contribution in [0.5, 0.6) is 5.75 Å². The van der Waals surface area contributed by atoms with Crippen molar-refractivity contribution in [3.05, 3.63) is 65.2 Å². The van der Waals surface area contributed by atoms with Crippen LogP contribution in [0.15, 0.2) is 42.5 Å². The summed E-state index contributed by atoms with van der Waals surface area (Å²) >= 11 is 0. The number of hydrogen-bond acceptors (Lipinski definition) is 4. The predicted molar refractivity (Wildman–Crippen MR) is 94.5 cm³/mol. The Labute approximate surface area is 155 Å². The van der Waals surface area contributed by atoms with E-state index in [9.17, 15) is 23.2 Å². The fraction of sp³-hybridized carbons (Fsp3) is 0.250. The van der Waals surface area contributed by atoms with Gasteiger partial charge in [-0.3, -0.25) is 9.59 Å². The maximum Gasteiger partial charge on any atom is 0.334 e. The number of nitrogens with one attached hydrogen (secondary N) is 1. The Morgan fingerprint density at radius 3 is 2.00 bits per heavy atom. The van der Waals surface area contributed by atoms with E-state index in [2.05, 4.69) is 5.32 Å². The Balaban J connectivity index is 2.15. The molecular formula is C20H19F2NO4. The van der Waals surface area contributed by atoms with Crippen LogP contribution < -0.4 is 10.1 Å². The van der Waals surface area contributed by atoms with Crippen molar-refractivity contribution in [2.45, 2.75) is 26.8 Å². The average Bonchev–Trinajstić information content (AvgIpc) is 2.59. The number of rotatable bonds is 6. The van der Waals surface area contributed by atoms with E-state index in [1.807, 2.05) is 0 Å². The highest BCUT2D eigenvalue weighted by molar-refractivity contribution is 5.97. The Kier molecular flexibility index (Phi) is 6.39. The van der Waals surface area contributed by atoms with E-state index in [4.69, 9.17) is 4.74 Å². The molecule has 0 aliphatic carbocycles. The highest BCUT2D eigenvalue weighted by atomic mass is 19.1. The minimum absolute atomic E-state index is 0.132. The van der Waals surface area contributed by atoms with Crippen LogP contribution in [-0.2, 0) is 4.79 Å². The first-order valence-corrected chi connectivity index (χ1v) is 8.28. The van der Waals surface area contributed by atoms with Gasteiger partial charge in [0.1, 0.15) is 29.0 Å². The zero-order valence-corrected chi connectivity index (χ0v) is 15.1. The number of hydrogen-bond donors (Lipinski definition) is 1. The third kappa shape index (κ3) is 4.97. The van der Waals surface area contributed by atoms with Crippen molar-refractivity contribution >= 4 is 17.7 Å². The molecule has 0 saturated carbocycles. The summed E-state index contributed by atoms with van der Waals surface area (Å²) in [6.45, 7) is 4.72. The fourth-order valence-electron chi connectivity index (χ4n) is 2.36. The second kappa shape index (κ2) is 8.53. The summed E-state index contributed by atoms with van der Waals surface area (Å²) in [5, 5.41) is 2.32. The van der Waals surface area contributed by atoms with E-state index >= 15 is 0 Å². The first-order chi connectivity index (χ1) is 12.7. The summed E-state index contributed by atoms with van der Waals surface area (Å²) in [5.74, 6) is -4.23. The molecule has 0 bridgehead atoms. The molecule has 0 radical (unpaired) electrons. The molecule has 0 aliphatic heterocycles. The van der Waals surface area contributed by atoms with E-state index in [1.54, 1.807) is 13.8 Å². The molecule has 0 spiro atoms. The number of ketones is 1. The van der Waals surface area contributed by atoms with Crippen LogP contribution in [0.3, 0.4) is 0 Å². The van der Waals surface area contributed by atoms with Crippen LogP contribution >= 0.6 is 0 Å². The van der Waals surface area contributed by atoms with Gasteiger partial charge in [0.2, 0.25) is 0 Å². The molecule has 2 aromatic rings. The molecule has 0 fully saturated rings. The van der Waals surface area contributed by atoms with Crippen LogP contribution in [0.25, 0.3) is 0 Å². The van der Waals surface area contributed by atoms with Crippen LogP contribution in [0.1, 0.15) is 41.5 Å². The summed E-state index contributed by atoms with van der Waals surface area (Å²) in [6.07, 6.45) is 0. The molecule has 2 aromatic carbocycles. The second-order valence-electron chi connectivity index (χ2n) is 6.29. The van der Waals surface area contributed by atoms with E-state index in [0.29, 0.717) is 5.56 Å². The highest BCUT2D eigenvalue weighted by Crippen LogP contribution is 2.16. The number of Topliss-reactive ketones (excluding diaryl/α,β-unsaturated/α-hetero) is 1. The van der Waals surface area contributed by atoms with Gasteiger partial charge >= 0.3 is 5.97 Å². The molecule has 0 saturated heterocycles. The summed E-state index contributed by atoms with van der Waals surface area (Å²) in [6, 6.07) is 7.83. The van der Waals surface area contributed by atoms with Crippen LogP contribution in [0.2, 0.25) is 0 Å². The molecule has 7 heteroatoms. The monoisotopic (exact) mass is 375 g/mol. The Morgan fingerprint density at radius 1 is 0.963 bits per heavy atom. The van der Waals surface area contributed by atoms with Gasteiger partial charge in [0.05, 0.1) is 0 Å². The minimum atomic E-state index is -1.12. The van der Waals surface area contributed by atoms with E-state index < -0.39 is 41.0 Å². The lowest BCUT2D eigenvalue weighted by molar-refractivity contribution is -0.137. The molecule has 0 heterocycles. The van der Waals surface area contributed by atoms with Gasteiger partial charge in [-0.25, -0.2) is 13.6 Å². The Morgan fingerprint density at radius 2 is 1.52 bits per heavy atom. The maximum absolute atomic E-state index is 13.8. The van der Waals surface area contributed by atoms with Crippen molar-refractivity contribution in [3.63, 3.8) is 0 Å². The third-order valence-corrected chi connectivity index (χ3v) is 3.88. The van der Waals surface area contributed by atoms with Crippen molar-refractivity contribution < 1.29 is 27.9 Å². The molecule has 142 valence electrons. The van der Waals surface area contributed by atoms with Crippen LogP contribution in [-0.4, -0.2) is 23.7 Å². The zero-order chi connectivity index (χ0) is 20.1. The SMILES string of the molecule is CC(=O)c1ccc(OC(=O)[C@@H](NC(=O)c2c(F)cccc2F)C(C)C)cc1. The summed E-state index contributed by atoms with van der Waals surface area (Å²) in [7, 11) is 0. The van der Waals surface area contributed by atoms with Crippen molar-refractivity contribution in [1.29, 1.82) is 0 Å². The number of halogens is 2. The van der Waals surface area contributed by atoms with Crippen molar-refractivity contribution in [2.75, 3.05) is 0 Å². The van der Waals surface area contributed by atoms with E-state index in [0.717, 1.165) is 18.2 Å². The van der Waals surface area contributed by atoms with Gasteiger partial charge in [-0.1, -0.05) is 19.9 Å². The normalized spacial score (nSPS) is 11.8. The largest absolute Gasteiger partial charge is 0.425 e. The Hall–Kier alpha value is -3.09. The third-order valence-electron chi connectivity index (χ3n) is 3.88. The van der Waals surface area contributed by atoms with Crippen molar-refractivity contribution in [3.8, 4) is 5.75 Å². The second-order valence-corrected chi connectivity index (χ2v) is 6.29. The fourth-order valence-corrected chi connectivity index (χ4v) is 2.36. The Bertz CT molecular complexity index is 843. The van der Waals surface area contributed by atoms with Gasteiger partial charge in [0.25, 0.3) is 5.91 Å². The topological polar surface area (TPSA) is 72.5 Å². The smallest absolute Gasteiger partial charge is 0.334 e. The molecule has 27 heavy (non-hydrogen) atoms. The lowest BCUT2D eigenvalue weighted by Crippen LogP contribution is -2.46. The average molecular weight is 375 g/mol. The molecule has 1 N–H and O–H groups in total. The number of esters is 1.